The summed E-state index contributed by atoms with van der Waals surface area (Å²) in [6.07, 6.45) is 12.4. The van der Waals surface area contributed by atoms with E-state index in [2.05, 4.69) is 55.4 Å². The monoisotopic (exact) mass is 409 g/mol. The molecule has 0 saturated carbocycles. The molecule has 3 nitrogen and oxygen atoms in total. The molecule has 165 valence electrons. The van der Waals surface area contributed by atoms with Crippen molar-refractivity contribution in [3.05, 3.63) is 0 Å². The fraction of sp³-hybridized carbons (Fsp3) is 1.00. The standard InChI is InChI=1S/C24H50O3.Na/c1-9-11-13-15-21(26-23(3,4)5)17-19-25-20-18-22(16-14-12-10-2)27-24(6,7)8;/h21-22H,9-20H2,1-8H3;. The number of ether oxygens (including phenoxy) is 3. The Kier molecular flexibility index (Phi) is 19.5. The molecule has 0 spiro atoms. The van der Waals surface area contributed by atoms with Gasteiger partial charge in [-0.25, -0.2) is 0 Å². The van der Waals surface area contributed by atoms with E-state index in [9.17, 15) is 0 Å². The Balaban J connectivity index is 0. The summed E-state index contributed by atoms with van der Waals surface area (Å²) in [6.45, 7) is 18.9. The third kappa shape index (κ3) is 21.6. The molecule has 0 bridgehead atoms. The van der Waals surface area contributed by atoms with Gasteiger partial charge in [0.2, 0.25) is 0 Å². The third-order valence-electron chi connectivity index (χ3n) is 4.47. The van der Waals surface area contributed by atoms with Crippen LogP contribution in [-0.4, -0.2) is 66.2 Å². The molecule has 0 saturated heterocycles. The van der Waals surface area contributed by atoms with Crippen molar-refractivity contribution in [1.82, 2.24) is 0 Å². The molecule has 0 aliphatic carbocycles. The molecule has 28 heavy (non-hydrogen) atoms. The van der Waals surface area contributed by atoms with Crippen LogP contribution in [0.2, 0.25) is 0 Å². The average Bonchev–Trinajstić information content (AvgIpc) is 2.51. The van der Waals surface area contributed by atoms with E-state index in [1.807, 2.05) is 0 Å². The first kappa shape index (κ1) is 31.1. The van der Waals surface area contributed by atoms with Gasteiger partial charge in [0.1, 0.15) is 0 Å². The van der Waals surface area contributed by atoms with E-state index in [1.54, 1.807) is 0 Å². The smallest absolute Gasteiger partial charge is 0.0604 e. The largest absolute Gasteiger partial charge is 0.381 e. The zero-order chi connectivity index (χ0) is 20.8. The van der Waals surface area contributed by atoms with Gasteiger partial charge in [0, 0.05) is 42.8 Å². The van der Waals surface area contributed by atoms with Crippen molar-refractivity contribution >= 4 is 29.6 Å². The first-order chi connectivity index (χ1) is 12.6. The Labute approximate surface area is 199 Å². The van der Waals surface area contributed by atoms with Crippen LogP contribution in [0.25, 0.3) is 0 Å². The molecular formula is C24H50NaO3. The third-order valence-corrected chi connectivity index (χ3v) is 4.47. The minimum absolute atomic E-state index is 0. The van der Waals surface area contributed by atoms with Crippen molar-refractivity contribution in [1.29, 1.82) is 0 Å². The van der Waals surface area contributed by atoms with E-state index < -0.39 is 0 Å². The van der Waals surface area contributed by atoms with Gasteiger partial charge in [-0.05, 0) is 67.2 Å². The molecule has 0 aromatic rings. The molecule has 4 heteroatoms. The summed E-state index contributed by atoms with van der Waals surface area (Å²) < 4.78 is 18.5. The maximum atomic E-state index is 6.24. The van der Waals surface area contributed by atoms with Crippen LogP contribution in [0.15, 0.2) is 0 Å². The molecule has 0 aromatic carbocycles. The molecule has 0 aromatic heterocycles. The van der Waals surface area contributed by atoms with Crippen molar-refractivity contribution in [2.24, 2.45) is 0 Å². The summed E-state index contributed by atoms with van der Waals surface area (Å²) in [4.78, 5) is 0. The summed E-state index contributed by atoms with van der Waals surface area (Å²) in [5.41, 5.74) is -0.163. The van der Waals surface area contributed by atoms with Gasteiger partial charge in [-0.3, -0.25) is 0 Å². The van der Waals surface area contributed by atoms with Crippen molar-refractivity contribution in [3.63, 3.8) is 0 Å². The summed E-state index contributed by atoms with van der Waals surface area (Å²) in [7, 11) is 0. The summed E-state index contributed by atoms with van der Waals surface area (Å²) in [5.74, 6) is 0. The van der Waals surface area contributed by atoms with Gasteiger partial charge in [-0.1, -0.05) is 52.4 Å². The van der Waals surface area contributed by atoms with Crippen LogP contribution in [0, 0.1) is 0 Å². The van der Waals surface area contributed by atoms with E-state index in [0.29, 0.717) is 12.2 Å². The Morgan fingerprint density at radius 2 is 0.929 bits per heavy atom. The van der Waals surface area contributed by atoms with E-state index >= 15 is 0 Å². The average molecular weight is 410 g/mol. The Morgan fingerprint density at radius 3 is 1.21 bits per heavy atom. The summed E-state index contributed by atoms with van der Waals surface area (Å²) in [5, 5.41) is 0. The van der Waals surface area contributed by atoms with Crippen LogP contribution in [-0.2, 0) is 14.2 Å². The Morgan fingerprint density at radius 1 is 0.571 bits per heavy atom. The van der Waals surface area contributed by atoms with E-state index in [1.165, 1.54) is 38.5 Å². The van der Waals surface area contributed by atoms with Crippen LogP contribution in [0.5, 0.6) is 0 Å². The topological polar surface area (TPSA) is 27.7 Å². The second kappa shape index (κ2) is 17.5. The van der Waals surface area contributed by atoms with Gasteiger partial charge < -0.3 is 14.2 Å². The van der Waals surface area contributed by atoms with Gasteiger partial charge in [0.05, 0.1) is 23.4 Å². The predicted octanol–water partition coefficient (Wildman–Crippen LogP) is 6.93. The molecule has 0 rings (SSSR count). The van der Waals surface area contributed by atoms with Crippen LogP contribution < -0.4 is 0 Å². The fourth-order valence-electron chi connectivity index (χ4n) is 3.30. The van der Waals surface area contributed by atoms with Crippen LogP contribution in [0.1, 0.15) is 120 Å². The van der Waals surface area contributed by atoms with E-state index in [4.69, 9.17) is 14.2 Å². The first-order valence-corrected chi connectivity index (χ1v) is 11.5. The maximum Gasteiger partial charge on any atom is 0.0604 e. The van der Waals surface area contributed by atoms with Gasteiger partial charge in [-0.15, -0.1) is 0 Å². The quantitative estimate of drug-likeness (QED) is 0.204. The van der Waals surface area contributed by atoms with Crippen LogP contribution in [0.4, 0.5) is 0 Å². The van der Waals surface area contributed by atoms with Gasteiger partial charge in [0.15, 0.2) is 0 Å². The molecule has 0 fully saturated rings. The molecule has 0 heterocycles. The SMILES string of the molecule is CCCCCC(CCOCCC(CCCCC)OC(C)(C)C)OC(C)(C)C.[Na]. The molecular weight excluding hydrogens is 359 g/mol. The van der Waals surface area contributed by atoms with Crippen LogP contribution in [0.3, 0.4) is 0 Å². The fourth-order valence-corrected chi connectivity index (χ4v) is 3.30. The number of unbranched alkanes of at least 4 members (excludes halogenated alkanes) is 4. The number of rotatable bonds is 16. The van der Waals surface area contributed by atoms with E-state index in [-0.39, 0.29) is 40.8 Å². The second-order valence-electron chi connectivity index (χ2n) is 9.89. The van der Waals surface area contributed by atoms with Crippen molar-refractivity contribution in [2.45, 2.75) is 143 Å². The molecule has 2 atom stereocenters. The second-order valence-corrected chi connectivity index (χ2v) is 9.89. The minimum atomic E-state index is -0.0815. The summed E-state index contributed by atoms with van der Waals surface area (Å²) >= 11 is 0. The zero-order valence-electron chi connectivity index (χ0n) is 20.9. The van der Waals surface area contributed by atoms with Crippen molar-refractivity contribution in [2.75, 3.05) is 13.2 Å². The molecule has 0 aliphatic heterocycles. The molecule has 0 aliphatic rings. The van der Waals surface area contributed by atoms with Gasteiger partial charge in [-0.2, -0.15) is 0 Å². The number of hydrogen-bond donors (Lipinski definition) is 0. The van der Waals surface area contributed by atoms with E-state index in [0.717, 1.165) is 38.9 Å². The van der Waals surface area contributed by atoms with Gasteiger partial charge in [0.25, 0.3) is 0 Å². The normalized spacial score (nSPS) is 14.6. The maximum absolute atomic E-state index is 6.24. The molecule has 2 unspecified atom stereocenters. The molecule has 0 amide bonds. The summed E-state index contributed by atoms with van der Waals surface area (Å²) in [6, 6.07) is 0. The Bertz CT molecular complexity index is 302. The number of hydrogen-bond acceptors (Lipinski definition) is 3. The van der Waals surface area contributed by atoms with Crippen molar-refractivity contribution < 1.29 is 14.2 Å². The zero-order valence-corrected chi connectivity index (χ0v) is 22.9. The van der Waals surface area contributed by atoms with Gasteiger partial charge >= 0.3 is 0 Å². The minimum Gasteiger partial charge on any atom is -0.381 e. The van der Waals surface area contributed by atoms with Crippen LogP contribution >= 0.6 is 0 Å². The Hall–Kier alpha value is 0.880. The predicted molar refractivity (Wildman–Crippen MR) is 123 cm³/mol. The molecule has 1 radical (unpaired) electrons. The van der Waals surface area contributed by atoms with Crippen molar-refractivity contribution in [3.8, 4) is 0 Å². The first-order valence-electron chi connectivity index (χ1n) is 11.5. The molecule has 0 N–H and O–H groups in total.